The molecule has 0 radical (unpaired) electrons. The van der Waals surface area contributed by atoms with Crippen LogP contribution < -0.4 is 5.32 Å². The first kappa shape index (κ1) is 13.9. The molecular weight excluding hydrogens is 254 g/mol. The molecule has 0 aliphatic rings. The number of benzene rings is 1. The van der Waals surface area contributed by atoms with Crippen molar-refractivity contribution in [3.63, 3.8) is 0 Å². The zero-order valence-corrected chi connectivity index (χ0v) is 12.2. The Balaban J connectivity index is 2.13. The zero-order chi connectivity index (χ0) is 13.5. The Hall–Kier alpha value is -1.55. The molecule has 0 aliphatic heterocycles. The lowest BCUT2D eigenvalue weighted by atomic mass is 10.2. The number of nitrogens with one attached hydrogen (secondary N) is 1. The van der Waals surface area contributed by atoms with Crippen LogP contribution in [0.1, 0.15) is 25.0 Å². The van der Waals surface area contributed by atoms with Gasteiger partial charge in [-0.2, -0.15) is 0 Å². The first-order valence-electron chi connectivity index (χ1n) is 6.59. The fraction of sp³-hybridized carbons (Fsp3) is 0.333. The topological polar surface area (TPSA) is 37.8 Å². The average molecular weight is 273 g/mol. The molecule has 1 aromatic carbocycles. The Morgan fingerprint density at radius 1 is 1.11 bits per heavy atom. The lowest BCUT2D eigenvalue weighted by molar-refractivity contribution is 0.937. The van der Waals surface area contributed by atoms with Crippen LogP contribution in [0.2, 0.25) is 0 Å². The van der Waals surface area contributed by atoms with Crippen molar-refractivity contribution < 1.29 is 0 Å². The van der Waals surface area contributed by atoms with E-state index in [1.165, 1.54) is 11.1 Å². The summed E-state index contributed by atoms with van der Waals surface area (Å²) in [6.45, 7) is 5.11. The second kappa shape index (κ2) is 7.14. The van der Waals surface area contributed by atoms with E-state index < -0.39 is 0 Å². The molecule has 0 unspecified atom stereocenters. The van der Waals surface area contributed by atoms with Crippen molar-refractivity contribution in [2.75, 3.05) is 11.9 Å². The quantitative estimate of drug-likeness (QED) is 0.642. The molecule has 2 rings (SSSR count). The highest BCUT2D eigenvalue weighted by molar-refractivity contribution is 7.98. The van der Waals surface area contributed by atoms with Gasteiger partial charge in [0.05, 0.1) is 0 Å². The van der Waals surface area contributed by atoms with Gasteiger partial charge in [0.25, 0.3) is 0 Å². The highest BCUT2D eigenvalue weighted by atomic mass is 32.2. The van der Waals surface area contributed by atoms with E-state index in [-0.39, 0.29) is 0 Å². The second-order valence-electron chi connectivity index (χ2n) is 4.16. The number of hydrogen-bond donors (Lipinski definition) is 1. The van der Waals surface area contributed by atoms with E-state index in [4.69, 9.17) is 0 Å². The van der Waals surface area contributed by atoms with Crippen molar-refractivity contribution in [1.29, 1.82) is 0 Å². The Morgan fingerprint density at radius 3 is 2.58 bits per heavy atom. The lowest BCUT2D eigenvalue weighted by Crippen LogP contribution is -2.05. The fourth-order valence-corrected chi connectivity index (χ4v) is 2.92. The Labute approximate surface area is 118 Å². The molecule has 0 fully saturated rings. The second-order valence-corrected chi connectivity index (χ2v) is 5.13. The van der Waals surface area contributed by atoms with E-state index in [1.54, 1.807) is 18.1 Å². The van der Waals surface area contributed by atoms with E-state index in [9.17, 15) is 0 Å². The van der Waals surface area contributed by atoms with Crippen LogP contribution in [0.3, 0.4) is 0 Å². The van der Waals surface area contributed by atoms with Crippen molar-refractivity contribution in [2.45, 2.75) is 31.0 Å². The summed E-state index contributed by atoms with van der Waals surface area (Å²) < 4.78 is 0. The first-order chi connectivity index (χ1) is 9.35. The summed E-state index contributed by atoms with van der Waals surface area (Å²) in [7, 11) is 0. The van der Waals surface area contributed by atoms with Gasteiger partial charge in [0.1, 0.15) is 17.2 Å². The summed E-state index contributed by atoms with van der Waals surface area (Å²) in [4.78, 5) is 8.74. The molecule has 3 nitrogen and oxygen atoms in total. The molecule has 0 atom stereocenters. The van der Waals surface area contributed by atoms with Crippen LogP contribution in [0.25, 0.3) is 0 Å². The van der Waals surface area contributed by atoms with E-state index in [2.05, 4.69) is 53.4 Å². The van der Waals surface area contributed by atoms with Crippen LogP contribution in [0.15, 0.2) is 41.7 Å². The van der Waals surface area contributed by atoms with Gasteiger partial charge in [0.2, 0.25) is 0 Å². The summed E-state index contributed by atoms with van der Waals surface area (Å²) >= 11 is 1.77. The summed E-state index contributed by atoms with van der Waals surface area (Å²) in [5, 5.41) is 4.38. The summed E-state index contributed by atoms with van der Waals surface area (Å²) in [6.07, 6.45) is 2.59. The van der Waals surface area contributed by atoms with Crippen LogP contribution in [0.5, 0.6) is 0 Å². The predicted molar refractivity (Wildman–Crippen MR) is 81.6 cm³/mol. The molecule has 0 amide bonds. The third kappa shape index (κ3) is 3.70. The molecular formula is C15H19N3S. The van der Waals surface area contributed by atoms with Gasteiger partial charge in [0.15, 0.2) is 0 Å². The molecule has 0 bridgehead atoms. The molecule has 1 heterocycles. The van der Waals surface area contributed by atoms with Crippen molar-refractivity contribution in [2.24, 2.45) is 0 Å². The lowest BCUT2D eigenvalue weighted by Gasteiger charge is -2.11. The highest BCUT2D eigenvalue weighted by Crippen LogP contribution is 2.27. The molecule has 0 spiro atoms. The van der Waals surface area contributed by atoms with Crippen LogP contribution in [-0.4, -0.2) is 16.5 Å². The average Bonchev–Trinajstić information content (AvgIpc) is 2.46. The number of anilines is 1. The molecule has 1 aromatic heterocycles. The maximum atomic E-state index is 4.42. The third-order valence-electron chi connectivity index (χ3n) is 2.82. The number of hydrogen-bond acceptors (Lipinski definition) is 4. The van der Waals surface area contributed by atoms with Crippen molar-refractivity contribution >= 4 is 17.6 Å². The van der Waals surface area contributed by atoms with Crippen LogP contribution in [0, 0.1) is 0 Å². The van der Waals surface area contributed by atoms with Crippen molar-refractivity contribution in [3.05, 3.63) is 47.8 Å². The minimum absolute atomic E-state index is 0.882. The molecule has 0 saturated heterocycles. The standard InChI is InChI=1S/C15H19N3S/c1-3-13-14(16-4-2)17-11-18-15(13)19-10-12-8-6-5-7-9-12/h5-9,11H,3-4,10H2,1-2H3,(H,16,17,18). The monoisotopic (exact) mass is 273 g/mol. The molecule has 4 heteroatoms. The Morgan fingerprint density at radius 2 is 1.89 bits per heavy atom. The van der Waals surface area contributed by atoms with E-state index in [0.29, 0.717) is 0 Å². The van der Waals surface area contributed by atoms with Gasteiger partial charge in [-0.3, -0.25) is 0 Å². The largest absolute Gasteiger partial charge is 0.370 e. The normalized spacial score (nSPS) is 10.4. The molecule has 2 aromatic rings. The summed E-state index contributed by atoms with van der Waals surface area (Å²) in [6, 6.07) is 10.5. The van der Waals surface area contributed by atoms with Crippen LogP contribution >= 0.6 is 11.8 Å². The van der Waals surface area contributed by atoms with E-state index in [1.807, 2.05) is 6.07 Å². The molecule has 19 heavy (non-hydrogen) atoms. The molecule has 100 valence electrons. The van der Waals surface area contributed by atoms with Gasteiger partial charge in [-0.15, -0.1) is 11.8 Å². The maximum absolute atomic E-state index is 4.42. The fourth-order valence-electron chi connectivity index (χ4n) is 1.88. The Bertz CT molecular complexity index is 514. The molecule has 1 N–H and O–H groups in total. The molecule has 0 aliphatic carbocycles. The predicted octanol–water partition coefficient (Wildman–Crippen LogP) is 3.76. The SMILES string of the molecule is CCNc1ncnc(SCc2ccccc2)c1CC. The van der Waals surface area contributed by atoms with Crippen molar-refractivity contribution in [1.82, 2.24) is 9.97 Å². The van der Waals surface area contributed by atoms with Crippen LogP contribution in [0.4, 0.5) is 5.82 Å². The minimum atomic E-state index is 0.882. The zero-order valence-electron chi connectivity index (χ0n) is 11.4. The maximum Gasteiger partial charge on any atom is 0.133 e. The van der Waals surface area contributed by atoms with E-state index >= 15 is 0 Å². The number of rotatable bonds is 6. The van der Waals surface area contributed by atoms with Gasteiger partial charge in [-0.25, -0.2) is 9.97 Å². The number of thioether (sulfide) groups is 1. The van der Waals surface area contributed by atoms with Gasteiger partial charge >= 0.3 is 0 Å². The highest BCUT2D eigenvalue weighted by Gasteiger charge is 2.09. The number of aromatic nitrogens is 2. The summed E-state index contributed by atoms with van der Waals surface area (Å²) in [5.74, 6) is 1.91. The van der Waals surface area contributed by atoms with Gasteiger partial charge < -0.3 is 5.32 Å². The van der Waals surface area contributed by atoms with Gasteiger partial charge in [-0.05, 0) is 18.9 Å². The smallest absolute Gasteiger partial charge is 0.133 e. The van der Waals surface area contributed by atoms with Crippen LogP contribution in [-0.2, 0) is 12.2 Å². The van der Waals surface area contributed by atoms with Crippen molar-refractivity contribution in [3.8, 4) is 0 Å². The van der Waals surface area contributed by atoms with E-state index in [0.717, 1.165) is 29.6 Å². The summed E-state index contributed by atoms with van der Waals surface area (Å²) in [5.41, 5.74) is 2.53. The number of nitrogens with zero attached hydrogens (tertiary/aromatic N) is 2. The first-order valence-corrected chi connectivity index (χ1v) is 7.58. The van der Waals surface area contributed by atoms with Gasteiger partial charge in [-0.1, -0.05) is 37.3 Å². The Kier molecular flexibility index (Phi) is 5.21. The van der Waals surface area contributed by atoms with Gasteiger partial charge in [0, 0.05) is 17.9 Å². The minimum Gasteiger partial charge on any atom is -0.370 e. The third-order valence-corrected chi connectivity index (χ3v) is 3.92. The molecule has 0 saturated carbocycles.